The fraction of sp³-hybridized carbons (Fsp3) is 0.273. The summed E-state index contributed by atoms with van der Waals surface area (Å²) < 4.78 is 5.33. The molecule has 2 fully saturated rings. The lowest BCUT2D eigenvalue weighted by Gasteiger charge is -2.24. The second-order valence-corrected chi connectivity index (χ2v) is 7.86. The van der Waals surface area contributed by atoms with Gasteiger partial charge in [-0.15, -0.1) is 0 Å². The first-order valence-corrected chi connectivity index (χ1v) is 9.34. The first kappa shape index (κ1) is 17.8. The van der Waals surface area contributed by atoms with Gasteiger partial charge in [0.2, 0.25) is 0 Å². The highest BCUT2D eigenvalue weighted by Crippen LogP contribution is 2.52. The van der Waals surface area contributed by atoms with Crippen LogP contribution in [0, 0.1) is 11.3 Å². The Kier molecular flexibility index (Phi) is 4.52. The average Bonchev–Trinajstić information content (AvgIpc) is 3.10. The molecule has 4 nitrogen and oxygen atoms in total. The van der Waals surface area contributed by atoms with Crippen molar-refractivity contribution in [1.82, 2.24) is 0 Å². The zero-order valence-electron chi connectivity index (χ0n) is 14.8. The van der Waals surface area contributed by atoms with Crippen molar-refractivity contribution < 1.29 is 14.3 Å². The number of benzene rings is 2. The molecule has 138 valence electrons. The number of rotatable bonds is 4. The maximum absolute atomic E-state index is 12.4. The Bertz CT molecular complexity index is 921. The van der Waals surface area contributed by atoms with Gasteiger partial charge in [0.05, 0.1) is 12.0 Å². The molecule has 1 N–H and O–H groups in total. The molecule has 27 heavy (non-hydrogen) atoms. The van der Waals surface area contributed by atoms with E-state index in [9.17, 15) is 9.59 Å². The SMILES string of the molecule is C=C1CC2COC(=O)C2(Cc2ccc(C(=O)Nc3cccc(Cl)c3)cc2)C1. The monoisotopic (exact) mass is 381 g/mol. The largest absolute Gasteiger partial charge is 0.465 e. The summed E-state index contributed by atoms with van der Waals surface area (Å²) >= 11 is 5.95. The molecule has 1 saturated carbocycles. The van der Waals surface area contributed by atoms with Gasteiger partial charge in [0, 0.05) is 22.2 Å². The van der Waals surface area contributed by atoms with Crippen molar-refractivity contribution >= 4 is 29.2 Å². The van der Waals surface area contributed by atoms with Gasteiger partial charge in [-0.3, -0.25) is 9.59 Å². The van der Waals surface area contributed by atoms with Crippen molar-refractivity contribution in [2.45, 2.75) is 19.3 Å². The normalized spacial score (nSPS) is 23.8. The molecule has 5 heteroatoms. The molecule has 1 aliphatic carbocycles. The lowest BCUT2D eigenvalue weighted by Crippen LogP contribution is -2.31. The van der Waals surface area contributed by atoms with Crippen LogP contribution < -0.4 is 5.32 Å². The second kappa shape index (κ2) is 6.86. The molecule has 0 radical (unpaired) electrons. The fourth-order valence-corrected chi connectivity index (χ4v) is 4.36. The molecular formula is C22H20ClNO3. The summed E-state index contributed by atoms with van der Waals surface area (Å²) in [6.45, 7) is 4.56. The zero-order valence-corrected chi connectivity index (χ0v) is 15.6. The van der Waals surface area contributed by atoms with Crippen LogP contribution >= 0.6 is 11.6 Å². The summed E-state index contributed by atoms with van der Waals surface area (Å²) in [5, 5.41) is 3.40. The van der Waals surface area contributed by atoms with Crippen LogP contribution in [-0.4, -0.2) is 18.5 Å². The molecule has 0 aromatic heterocycles. The number of anilines is 1. The Hall–Kier alpha value is -2.59. The van der Waals surface area contributed by atoms with Crippen LogP contribution in [0.5, 0.6) is 0 Å². The van der Waals surface area contributed by atoms with Crippen molar-refractivity contribution in [3.8, 4) is 0 Å². The van der Waals surface area contributed by atoms with E-state index in [4.69, 9.17) is 16.3 Å². The third-order valence-corrected chi connectivity index (χ3v) is 5.76. The van der Waals surface area contributed by atoms with Crippen molar-refractivity contribution in [3.63, 3.8) is 0 Å². The molecule has 1 aliphatic heterocycles. The third-order valence-electron chi connectivity index (χ3n) is 5.52. The van der Waals surface area contributed by atoms with E-state index in [2.05, 4.69) is 11.9 Å². The van der Waals surface area contributed by atoms with Crippen LogP contribution in [0.3, 0.4) is 0 Å². The highest BCUT2D eigenvalue weighted by atomic mass is 35.5. The fourth-order valence-electron chi connectivity index (χ4n) is 4.17. The van der Waals surface area contributed by atoms with Gasteiger partial charge in [0.25, 0.3) is 5.91 Å². The highest BCUT2D eigenvalue weighted by Gasteiger charge is 2.55. The molecule has 2 atom stereocenters. The number of hydrogen-bond acceptors (Lipinski definition) is 3. The summed E-state index contributed by atoms with van der Waals surface area (Å²) in [6, 6.07) is 14.4. The number of ether oxygens (including phenoxy) is 1. The van der Waals surface area contributed by atoms with Gasteiger partial charge in [0.15, 0.2) is 0 Å². The van der Waals surface area contributed by atoms with E-state index in [1.54, 1.807) is 36.4 Å². The zero-order chi connectivity index (χ0) is 19.0. The standard InChI is InChI=1S/C22H20ClNO3/c1-14-9-17-13-27-21(26)22(17,11-14)12-15-5-7-16(8-6-15)20(25)24-19-4-2-3-18(23)10-19/h2-8,10,17H,1,9,11-13H2,(H,24,25). The van der Waals surface area contributed by atoms with E-state index < -0.39 is 5.41 Å². The number of hydrogen-bond donors (Lipinski definition) is 1. The predicted molar refractivity (Wildman–Crippen MR) is 105 cm³/mol. The maximum Gasteiger partial charge on any atom is 0.313 e. The third kappa shape index (κ3) is 3.37. The number of allylic oxidation sites excluding steroid dienone is 1. The van der Waals surface area contributed by atoms with Gasteiger partial charge in [0.1, 0.15) is 0 Å². The van der Waals surface area contributed by atoms with E-state index >= 15 is 0 Å². The number of carbonyl (C=O) groups excluding carboxylic acids is 2. The number of esters is 1. The Morgan fingerprint density at radius 3 is 2.78 bits per heavy atom. The Morgan fingerprint density at radius 1 is 1.26 bits per heavy atom. The summed E-state index contributed by atoms with van der Waals surface area (Å²) in [7, 11) is 0. The molecule has 4 rings (SSSR count). The number of cyclic esters (lactones) is 1. The predicted octanol–water partition coefficient (Wildman–Crippen LogP) is 4.64. The van der Waals surface area contributed by atoms with Gasteiger partial charge >= 0.3 is 5.97 Å². The molecule has 2 aromatic carbocycles. The summed E-state index contributed by atoms with van der Waals surface area (Å²) in [4.78, 5) is 24.8. The smallest absolute Gasteiger partial charge is 0.313 e. The molecule has 2 unspecified atom stereocenters. The summed E-state index contributed by atoms with van der Waals surface area (Å²) in [5.41, 5.74) is 2.86. The quantitative estimate of drug-likeness (QED) is 0.619. The number of nitrogens with one attached hydrogen (secondary N) is 1. The van der Waals surface area contributed by atoms with E-state index in [0.29, 0.717) is 35.7 Å². The maximum atomic E-state index is 12.4. The van der Waals surface area contributed by atoms with Crippen LogP contribution in [0.4, 0.5) is 5.69 Å². The van der Waals surface area contributed by atoms with E-state index in [-0.39, 0.29) is 17.8 Å². The topological polar surface area (TPSA) is 55.4 Å². The minimum Gasteiger partial charge on any atom is -0.465 e. The minimum absolute atomic E-state index is 0.117. The molecule has 1 saturated heterocycles. The van der Waals surface area contributed by atoms with Crippen molar-refractivity contribution in [3.05, 3.63) is 76.8 Å². The van der Waals surface area contributed by atoms with Crippen LogP contribution in [0.2, 0.25) is 5.02 Å². The molecule has 1 amide bonds. The number of fused-ring (bicyclic) bond motifs is 1. The second-order valence-electron chi connectivity index (χ2n) is 7.42. The van der Waals surface area contributed by atoms with E-state index in [1.165, 1.54) is 0 Å². The summed E-state index contributed by atoms with van der Waals surface area (Å²) in [6.07, 6.45) is 2.16. The van der Waals surface area contributed by atoms with E-state index in [1.807, 2.05) is 12.1 Å². The van der Waals surface area contributed by atoms with Crippen LogP contribution in [-0.2, 0) is 16.0 Å². The highest BCUT2D eigenvalue weighted by molar-refractivity contribution is 6.30. The van der Waals surface area contributed by atoms with Crippen molar-refractivity contribution in [2.24, 2.45) is 11.3 Å². The molecule has 2 aromatic rings. The van der Waals surface area contributed by atoms with Gasteiger partial charge in [-0.1, -0.05) is 42.0 Å². The Balaban J connectivity index is 1.48. The number of halogens is 1. The van der Waals surface area contributed by atoms with Gasteiger partial charge < -0.3 is 10.1 Å². The number of carbonyl (C=O) groups is 2. The minimum atomic E-state index is -0.484. The first-order valence-electron chi connectivity index (χ1n) is 8.96. The van der Waals surface area contributed by atoms with Crippen LogP contribution in [0.25, 0.3) is 0 Å². The average molecular weight is 382 g/mol. The summed E-state index contributed by atoms with van der Waals surface area (Å²) in [5.74, 6) is -0.105. The first-order chi connectivity index (χ1) is 13.0. The molecule has 1 heterocycles. The Labute approximate surface area is 163 Å². The van der Waals surface area contributed by atoms with E-state index in [0.717, 1.165) is 17.6 Å². The van der Waals surface area contributed by atoms with Gasteiger partial charge in [-0.05, 0) is 55.2 Å². The van der Waals surface area contributed by atoms with Gasteiger partial charge in [-0.25, -0.2) is 0 Å². The molecule has 0 spiro atoms. The molecule has 2 aliphatic rings. The van der Waals surface area contributed by atoms with Crippen LogP contribution in [0.1, 0.15) is 28.8 Å². The lowest BCUT2D eigenvalue weighted by atomic mass is 9.75. The van der Waals surface area contributed by atoms with Crippen LogP contribution in [0.15, 0.2) is 60.7 Å². The van der Waals surface area contributed by atoms with Gasteiger partial charge in [-0.2, -0.15) is 0 Å². The molecule has 0 bridgehead atoms. The lowest BCUT2D eigenvalue weighted by molar-refractivity contribution is -0.146. The number of amides is 1. The van der Waals surface area contributed by atoms with Crippen molar-refractivity contribution in [1.29, 1.82) is 0 Å². The Morgan fingerprint density at radius 2 is 2.04 bits per heavy atom. The van der Waals surface area contributed by atoms with Crippen molar-refractivity contribution in [2.75, 3.05) is 11.9 Å². The molecular weight excluding hydrogens is 362 g/mol.